The van der Waals surface area contributed by atoms with Crippen LogP contribution in [0.2, 0.25) is 0 Å². The Morgan fingerprint density at radius 2 is 2.29 bits per heavy atom. The van der Waals surface area contributed by atoms with Gasteiger partial charge in [0.05, 0.1) is 12.2 Å². The first kappa shape index (κ1) is 11.5. The van der Waals surface area contributed by atoms with Crippen molar-refractivity contribution in [2.75, 3.05) is 12.3 Å². The second-order valence-corrected chi connectivity index (χ2v) is 3.84. The molecule has 4 nitrogen and oxygen atoms in total. The Morgan fingerprint density at radius 1 is 1.41 bits per heavy atom. The van der Waals surface area contributed by atoms with Crippen LogP contribution in [0, 0.1) is 0 Å². The van der Waals surface area contributed by atoms with Gasteiger partial charge in [-0.1, -0.05) is 13.0 Å². The van der Waals surface area contributed by atoms with E-state index in [0.29, 0.717) is 12.3 Å². The number of nitrogen functional groups attached to an aromatic ring is 1. The Hall–Kier alpha value is -1.97. The zero-order valence-corrected chi connectivity index (χ0v) is 9.97. The molecule has 0 spiro atoms. The Kier molecular flexibility index (Phi) is 3.65. The summed E-state index contributed by atoms with van der Waals surface area (Å²) in [5, 5.41) is 4.10. The lowest BCUT2D eigenvalue weighted by atomic mass is 10.1. The van der Waals surface area contributed by atoms with E-state index in [0.717, 1.165) is 18.7 Å². The number of ether oxygens (including phenoxy) is 1. The van der Waals surface area contributed by atoms with Gasteiger partial charge in [-0.25, -0.2) is 0 Å². The highest BCUT2D eigenvalue weighted by molar-refractivity contribution is 5.54. The molecule has 0 unspecified atom stereocenters. The number of hydrogen-bond acceptors (Lipinski definition) is 3. The molecule has 4 heteroatoms. The molecule has 0 radical (unpaired) electrons. The molecule has 0 aliphatic rings. The summed E-state index contributed by atoms with van der Waals surface area (Å²) in [4.78, 5) is 0. The van der Waals surface area contributed by atoms with Crippen LogP contribution in [-0.4, -0.2) is 16.4 Å². The molecule has 2 rings (SSSR count). The van der Waals surface area contributed by atoms with Crippen LogP contribution in [-0.2, 0) is 13.0 Å². The molecule has 2 aromatic rings. The largest absolute Gasteiger partial charge is 0.490 e. The van der Waals surface area contributed by atoms with Crippen LogP contribution in [0.15, 0.2) is 36.7 Å². The van der Waals surface area contributed by atoms with Gasteiger partial charge >= 0.3 is 0 Å². The van der Waals surface area contributed by atoms with Gasteiger partial charge in [-0.2, -0.15) is 5.10 Å². The van der Waals surface area contributed by atoms with Gasteiger partial charge in [-0.3, -0.25) is 4.68 Å². The van der Waals surface area contributed by atoms with E-state index < -0.39 is 0 Å². The van der Waals surface area contributed by atoms with Crippen molar-refractivity contribution in [1.82, 2.24) is 9.78 Å². The topological polar surface area (TPSA) is 53.1 Å². The summed E-state index contributed by atoms with van der Waals surface area (Å²) in [6.07, 6.45) is 4.65. The number of nitrogens with two attached hydrogens (primary N) is 1. The number of benzene rings is 1. The van der Waals surface area contributed by atoms with Gasteiger partial charge in [0.2, 0.25) is 0 Å². The number of hydrogen-bond donors (Lipinski definition) is 1. The number of aromatic nitrogens is 2. The molecule has 0 aliphatic heterocycles. The Labute approximate surface area is 101 Å². The van der Waals surface area contributed by atoms with Gasteiger partial charge in [0.1, 0.15) is 12.4 Å². The summed E-state index contributed by atoms with van der Waals surface area (Å²) < 4.78 is 7.45. The van der Waals surface area contributed by atoms with Crippen molar-refractivity contribution in [2.45, 2.75) is 19.9 Å². The van der Waals surface area contributed by atoms with Crippen LogP contribution in [0.1, 0.15) is 12.5 Å². The van der Waals surface area contributed by atoms with E-state index in [9.17, 15) is 0 Å². The zero-order chi connectivity index (χ0) is 12.1. The summed E-state index contributed by atoms with van der Waals surface area (Å²) in [7, 11) is 0. The molecule has 0 amide bonds. The molecule has 1 aromatic carbocycles. The lowest BCUT2D eigenvalue weighted by molar-refractivity contribution is 0.292. The molecule has 0 saturated carbocycles. The van der Waals surface area contributed by atoms with Crippen LogP contribution in [0.4, 0.5) is 5.69 Å². The van der Waals surface area contributed by atoms with Crippen LogP contribution in [0.25, 0.3) is 0 Å². The van der Waals surface area contributed by atoms with Crippen molar-refractivity contribution >= 4 is 5.69 Å². The molecular weight excluding hydrogens is 214 g/mol. The standard InChI is InChI=1S/C13H17N3O/c1-2-11-4-5-13(12(14)10-11)17-9-8-16-7-3-6-15-16/h3-7,10H,2,8-9,14H2,1H3. The minimum absolute atomic E-state index is 0.567. The first-order valence-electron chi connectivity index (χ1n) is 5.78. The maximum atomic E-state index is 5.91. The van der Waals surface area contributed by atoms with Crippen molar-refractivity contribution in [1.29, 1.82) is 0 Å². The molecule has 2 N–H and O–H groups in total. The Morgan fingerprint density at radius 3 is 2.94 bits per heavy atom. The molecular formula is C13H17N3O. The summed E-state index contributed by atoms with van der Waals surface area (Å²) in [5.74, 6) is 0.745. The van der Waals surface area contributed by atoms with Gasteiger partial charge in [0.25, 0.3) is 0 Å². The predicted molar refractivity (Wildman–Crippen MR) is 68.0 cm³/mol. The fourth-order valence-corrected chi connectivity index (χ4v) is 1.63. The van der Waals surface area contributed by atoms with Crippen LogP contribution < -0.4 is 10.5 Å². The van der Waals surface area contributed by atoms with Crippen molar-refractivity contribution in [2.24, 2.45) is 0 Å². The molecule has 0 fully saturated rings. The number of anilines is 1. The summed E-state index contributed by atoms with van der Waals surface area (Å²) in [6.45, 7) is 3.40. The third kappa shape index (κ3) is 3.00. The summed E-state index contributed by atoms with van der Waals surface area (Å²) in [5.41, 5.74) is 7.83. The van der Waals surface area contributed by atoms with Gasteiger partial charge < -0.3 is 10.5 Å². The van der Waals surface area contributed by atoms with Crippen molar-refractivity contribution in [3.63, 3.8) is 0 Å². The van der Waals surface area contributed by atoms with Crippen molar-refractivity contribution in [3.05, 3.63) is 42.2 Å². The maximum Gasteiger partial charge on any atom is 0.142 e. The maximum absolute atomic E-state index is 5.91. The Balaban J connectivity index is 1.90. The first-order valence-corrected chi connectivity index (χ1v) is 5.78. The minimum Gasteiger partial charge on any atom is -0.490 e. The van der Waals surface area contributed by atoms with E-state index >= 15 is 0 Å². The molecule has 0 bridgehead atoms. The lowest BCUT2D eigenvalue weighted by Gasteiger charge is -2.10. The predicted octanol–water partition coefficient (Wildman–Crippen LogP) is 2.11. The van der Waals surface area contributed by atoms with E-state index in [-0.39, 0.29) is 0 Å². The third-order valence-electron chi connectivity index (χ3n) is 2.62. The SMILES string of the molecule is CCc1ccc(OCCn2cccn2)c(N)c1. The smallest absolute Gasteiger partial charge is 0.142 e. The quantitative estimate of drug-likeness (QED) is 0.802. The molecule has 1 heterocycles. The minimum atomic E-state index is 0.567. The molecule has 1 aromatic heterocycles. The average Bonchev–Trinajstić information content (AvgIpc) is 2.84. The van der Waals surface area contributed by atoms with E-state index in [1.54, 1.807) is 6.20 Å². The van der Waals surface area contributed by atoms with Gasteiger partial charge in [0, 0.05) is 12.4 Å². The highest BCUT2D eigenvalue weighted by Crippen LogP contribution is 2.22. The molecule has 0 aliphatic carbocycles. The van der Waals surface area contributed by atoms with Gasteiger partial charge in [-0.05, 0) is 30.2 Å². The van der Waals surface area contributed by atoms with E-state index in [4.69, 9.17) is 10.5 Å². The second-order valence-electron chi connectivity index (χ2n) is 3.84. The van der Waals surface area contributed by atoms with Crippen LogP contribution in [0.5, 0.6) is 5.75 Å². The Bertz CT molecular complexity index is 466. The third-order valence-corrected chi connectivity index (χ3v) is 2.62. The number of rotatable bonds is 5. The highest BCUT2D eigenvalue weighted by atomic mass is 16.5. The number of nitrogens with zero attached hydrogens (tertiary/aromatic N) is 2. The van der Waals surface area contributed by atoms with Crippen LogP contribution in [0.3, 0.4) is 0 Å². The monoisotopic (exact) mass is 231 g/mol. The normalized spacial score (nSPS) is 10.4. The molecule has 17 heavy (non-hydrogen) atoms. The lowest BCUT2D eigenvalue weighted by Crippen LogP contribution is -2.09. The molecule has 0 atom stereocenters. The summed E-state index contributed by atoms with van der Waals surface area (Å²) in [6, 6.07) is 7.82. The van der Waals surface area contributed by atoms with Gasteiger partial charge in [-0.15, -0.1) is 0 Å². The molecule has 90 valence electrons. The van der Waals surface area contributed by atoms with Crippen molar-refractivity contribution in [3.8, 4) is 5.75 Å². The fraction of sp³-hybridized carbons (Fsp3) is 0.308. The summed E-state index contributed by atoms with van der Waals surface area (Å²) >= 11 is 0. The second kappa shape index (κ2) is 5.39. The highest BCUT2D eigenvalue weighted by Gasteiger charge is 2.01. The zero-order valence-electron chi connectivity index (χ0n) is 9.97. The average molecular weight is 231 g/mol. The molecule has 0 saturated heterocycles. The van der Waals surface area contributed by atoms with E-state index in [2.05, 4.69) is 12.0 Å². The fourth-order valence-electron chi connectivity index (χ4n) is 1.63. The van der Waals surface area contributed by atoms with E-state index in [1.807, 2.05) is 35.1 Å². The first-order chi connectivity index (χ1) is 8.29. The van der Waals surface area contributed by atoms with E-state index in [1.165, 1.54) is 5.56 Å². The van der Waals surface area contributed by atoms with Crippen LogP contribution >= 0.6 is 0 Å². The van der Waals surface area contributed by atoms with Gasteiger partial charge in [0.15, 0.2) is 0 Å². The van der Waals surface area contributed by atoms with Crippen molar-refractivity contribution < 1.29 is 4.74 Å². The number of aryl methyl sites for hydroxylation is 1.